The Bertz CT molecular complexity index is 801. The molecule has 21 heavy (non-hydrogen) atoms. The first-order chi connectivity index (χ1) is 10.2. The lowest BCUT2D eigenvalue weighted by Crippen LogP contribution is -2.05. The number of benzene rings is 3. The standard InChI is InChI=1S/C19H16O2/c1-13-7-9-15(10-8-13)19(20)18-16-6-4-3-5-14(16)11-12-17(18)21-2/h3-12H,1-2H3. The number of hydrogen-bond donors (Lipinski definition) is 0. The molecule has 0 saturated carbocycles. The predicted octanol–water partition coefficient (Wildman–Crippen LogP) is 4.39. The summed E-state index contributed by atoms with van der Waals surface area (Å²) in [6.07, 6.45) is 0. The molecule has 0 amide bonds. The lowest BCUT2D eigenvalue weighted by molar-refractivity contribution is 0.103. The lowest BCUT2D eigenvalue weighted by atomic mass is 9.96. The van der Waals surface area contributed by atoms with Crippen LogP contribution in [0, 0.1) is 6.92 Å². The summed E-state index contributed by atoms with van der Waals surface area (Å²) in [5.74, 6) is 0.600. The molecule has 0 atom stereocenters. The second-order valence-electron chi connectivity index (χ2n) is 5.06. The summed E-state index contributed by atoms with van der Waals surface area (Å²) in [5, 5.41) is 1.95. The minimum absolute atomic E-state index is 0.0105. The molecule has 0 aromatic heterocycles. The largest absolute Gasteiger partial charge is 0.496 e. The molecular formula is C19H16O2. The molecule has 0 aliphatic rings. The molecule has 0 saturated heterocycles. The van der Waals surface area contributed by atoms with Crippen molar-refractivity contribution in [3.8, 4) is 5.75 Å². The number of ketones is 1. The van der Waals surface area contributed by atoms with Crippen LogP contribution in [0.3, 0.4) is 0 Å². The number of ether oxygens (including phenoxy) is 1. The quantitative estimate of drug-likeness (QED) is 0.663. The van der Waals surface area contributed by atoms with Crippen LogP contribution in [0.2, 0.25) is 0 Å². The summed E-state index contributed by atoms with van der Waals surface area (Å²) in [5.41, 5.74) is 2.44. The zero-order valence-corrected chi connectivity index (χ0v) is 12.1. The van der Waals surface area contributed by atoms with E-state index >= 15 is 0 Å². The Hall–Kier alpha value is -2.61. The fourth-order valence-electron chi connectivity index (χ4n) is 2.51. The number of fused-ring (bicyclic) bond motifs is 1. The molecule has 0 radical (unpaired) electrons. The summed E-state index contributed by atoms with van der Waals surface area (Å²) in [4.78, 5) is 12.9. The lowest BCUT2D eigenvalue weighted by Gasteiger charge is -2.11. The van der Waals surface area contributed by atoms with E-state index in [1.54, 1.807) is 7.11 Å². The molecule has 0 unspecified atom stereocenters. The van der Waals surface area contributed by atoms with Gasteiger partial charge in [-0.1, -0.05) is 60.2 Å². The maximum atomic E-state index is 12.9. The molecule has 3 aromatic rings. The number of rotatable bonds is 3. The van der Waals surface area contributed by atoms with E-state index in [-0.39, 0.29) is 5.78 Å². The van der Waals surface area contributed by atoms with Crippen LogP contribution in [0.1, 0.15) is 21.5 Å². The van der Waals surface area contributed by atoms with E-state index in [1.165, 1.54) is 0 Å². The van der Waals surface area contributed by atoms with Crippen molar-refractivity contribution in [2.75, 3.05) is 7.11 Å². The first-order valence-electron chi connectivity index (χ1n) is 6.88. The number of carbonyl (C=O) groups is 1. The highest BCUT2D eigenvalue weighted by molar-refractivity contribution is 6.18. The topological polar surface area (TPSA) is 26.3 Å². The van der Waals surface area contributed by atoms with Crippen LogP contribution in [-0.4, -0.2) is 12.9 Å². The molecule has 0 N–H and O–H groups in total. The molecule has 2 heteroatoms. The minimum atomic E-state index is -0.0105. The van der Waals surface area contributed by atoms with Gasteiger partial charge in [-0.25, -0.2) is 0 Å². The van der Waals surface area contributed by atoms with Gasteiger partial charge in [-0.05, 0) is 23.8 Å². The Kier molecular flexibility index (Phi) is 3.44. The van der Waals surface area contributed by atoms with E-state index in [2.05, 4.69) is 0 Å². The van der Waals surface area contributed by atoms with Crippen LogP contribution in [0.4, 0.5) is 0 Å². The van der Waals surface area contributed by atoms with Gasteiger partial charge in [-0.3, -0.25) is 4.79 Å². The minimum Gasteiger partial charge on any atom is -0.496 e. The molecule has 0 fully saturated rings. The second-order valence-corrected chi connectivity index (χ2v) is 5.06. The van der Waals surface area contributed by atoms with Crippen molar-refractivity contribution < 1.29 is 9.53 Å². The van der Waals surface area contributed by atoms with E-state index in [4.69, 9.17) is 4.74 Å². The van der Waals surface area contributed by atoms with Crippen LogP contribution in [0.15, 0.2) is 60.7 Å². The molecule has 0 bridgehead atoms. The van der Waals surface area contributed by atoms with Gasteiger partial charge in [-0.15, -0.1) is 0 Å². The van der Waals surface area contributed by atoms with Gasteiger partial charge in [0.1, 0.15) is 5.75 Å². The Balaban J connectivity index is 2.22. The highest BCUT2D eigenvalue weighted by Gasteiger charge is 2.17. The highest BCUT2D eigenvalue weighted by Crippen LogP contribution is 2.30. The van der Waals surface area contributed by atoms with Crippen molar-refractivity contribution >= 4 is 16.6 Å². The molecule has 3 rings (SSSR count). The van der Waals surface area contributed by atoms with Gasteiger partial charge in [0.15, 0.2) is 5.78 Å². The molecule has 0 aliphatic carbocycles. The molecule has 104 valence electrons. The summed E-state index contributed by atoms with van der Waals surface area (Å²) in [7, 11) is 1.59. The number of methoxy groups -OCH3 is 1. The van der Waals surface area contributed by atoms with E-state index in [1.807, 2.05) is 67.6 Å². The van der Waals surface area contributed by atoms with Gasteiger partial charge in [0.05, 0.1) is 12.7 Å². The van der Waals surface area contributed by atoms with Crippen molar-refractivity contribution in [2.24, 2.45) is 0 Å². The Morgan fingerprint density at radius 1 is 0.905 bits per heavy atom. The third kappa shape index (κ3) is 2.40. The van der Waals surface area contributed by atoms with Crippen molar-refractivity contribution in [1.29, 1.82) is 0 Å². The maximum absolute atomic E-state index is 12.9. The zero-order chi connectivity index (χ0) is 14.8. The Morgan fingerprint density at radius 2 is 1.62 bits per heavy atom. The number of carbonyl (C=O) groups excluding carboxylic acids is 1. The average Bonchev–Trinajstić information content (AvgIpc) is 2.53. The molecule has 3 aromatic carbocycles. The molecule has 2 nitrogen and oxygen atoms in total. The van der Waals surface area contributed by atoms with Gasteiger partial charge >= 0.3 is 0 Å². The predicted molar refractivity (Wildman–Crippen MR) is 85.1 cm³/mol. The fraction of sp³-hybridized carbons (Fsp3) is 0.105. The molecule has 0 heterocycles. The molecule has 0 aliphatic heterocycles. The van der Waals surface area contributed by atoms with Crippen LogP contribution < -0.4 is 4.74 Å². The highest BCUT2D eigenvalue weighted by atomic mass is 16.5. The smallest absolute Gasteiger partial charge is 0.197 e. The van der Waals surface area contributed by atoms with Crippen molar-refractivity contribution in [1.82, 2.24) is 0 Å². The van der Waals surface area contributed by atoms with Crippen LogP contribution in [0.5, 0.6) is 5.75 Å². The number of hydrogen-bond acceptors (Lipinski definition) is 2. The maximum Gasteiger partial charge on any atom is 0.197 e. The van der Waals surface area contributed by atoms with Gasteiger partial charge in [0, 0.05) is 5.56 Å². The van der Waals surface area contributed by atoms with E-state index in [0.717, 1.165) is 16.3 Å². The summed E-state index contributed by atoms with van der Waals surface area (Å²) in [6, 6.07) is 19.3. The van der Waals surface area contributed by atoms with Crippen molar-refractivity contribution in [2.45, 2.75) is 6.92 Å². The Morgan fingerprint density at radius 3 is 2.33 bits per heavy atom. The van der Waals surface area contributed by atoms with Gasteiger partial charge in [-0.2, -0.15) is 0 Å². The monoisotopic (exact) mass is 276 g/mol. The fourth-order valence-corrected chi connectivity index (χ4v) is 2.51. The second kappa shape index (κ2) is 5.41. The zero-order valence-electron chi connectivity index (χ0n) is 12.1. The molecular weight excluding hydrogens is 260 g/mol. The summed E-state index contributed by atoms with van der Waals surface area (Å²) in [6.45, 7) is 2.01. The summed E-state index contributed by atoms with van der Waals surface area (Å²) >= 11 is 0. The van der Waals surface area contributed by atoms with Gasteiger partial charge in [0.25, 0.3) is 0 Å². The van der Waals surface area contributed by atoms with E-state index in [9.17, 15) is 4.79 Å². The summed E-state index contributed by atoms with van der Waals surface area (Å²) < 4.78 is 5.40. The van der Waals surface area contributed by atoms with Crippen molar-refractivity contribution in [3.63, 3.8) is 0 Å². The van der Waals surface area contributed by atoms with Crippen LogP contribution >= 0.6 is 0 Å². The van der Waals surface area contributed by atoms with Crippen LogP contribution in [-0.2, 0) is 0 Å². The van der Waals surface area contributed by atoms with Gasteiger partial charge in [0.2, 0.25) is 0 Å². The van der Waals surface area contributed by atoms with Crippen molar-refractivity contribution in [3.05, 3.63) is 77.4 Å². The van der Waals surface area contributed by atoms with Gasteiger partial charge < -0.3 is 4.74 Å². The SMILES string of the molecule is COc1ccc2ccccc2c1C(=O)c1ccc(C)cc1. The third-order valence-electron chi connectivity index (χ3n) is 3.65. The van der Waals surface area contributed by atoms with E-state index < -0.39 is 0 Å². The van der Waals surface area contributed by atoms with E-state index in [0.29, 0.717) is 16.9 Å². The number of aryl methyl sites for hydroxylation is 1. The van der Waals surface area contributed by atoms with Crippen LogP contribution in [0.25, 0.3) is 10.8 Å². The molecule has 0 spiro atoms. The first-order valence-corrected chi connectivity index (χ1v) is 6.88. The third-order valence-corrected chi connectivity index (χ3v) is 3.65. The normalized spacial score (nSPS) is 10.6. The first kappa shape index (κ1) is 13.4. The Labute approximate surface area is 124 Å². The average molecular weight is 276 g/mol.